The first-order valence-electron chi connectivity index (χ1n) is 6.69. The Morgan fingerprint density at radius 1 is 1.42 bits per heavy atom. The third kappa shape index (κ3) is 1.98. The maximum Gasteiger partial charge on any atom is 0.198 e. The monoisotopic (exact) mass is 283 g/mol. The highest BCUT2D eigenvalue weighted by Crippen LogP contribution is 2.50. The summed E-state index contributed by atoms with van der Waals surface area (Å²) in [6, 6.07) is 1.91. The molecule has 3 atom stereocenters. The number of rotatable bonds is 1. The Kier molecular flexibility index (Phi) is 3.29. The molecule has 3 rings (SSSR count). The fourth-order valence-electron chi connectivity index (χ4n) is 3.06. The molecule has 104 valence electrons. The van der Waals surface area contributed by atoms with Gasteiger partial charge in [0.15, 0.2) is 5.79 Å². The summed E-state index contributed by atoms with van der Waals surface area (Å²) < 4.78 is 12.1. The molecule has 1 aromatic rings. The van der Waals surface area contributed by atoms with Gasteiger partial charge in [0.25, 0.3) is 0 Å². The second-order valence-electron chi connectivity index (χ2n) is 5.38. The Labute approximate surface area is 117 Å². The highest BCUT2D eigenvalue weighted by atomic mass is 35.5. The molecule has 4 nitrogen and oxygen atoms in total. The second-order valence-corrected chi connectivity index (χ2v) is 5.74. The van der Waals surface area contributed by atoms with Crippen LogP contribution in [0.1, 0.15) is 43.7 Å². The SMILES string of the molecule is C[C@H]1OC2(CC[C@H](CO)c3ccnc(Cl)c32)O[C@@H]1C. The van der Waals surface area contributed by atoms with Crippen molar-refractivity contribution in [3.63, 3.8) is 0 Å². The van der Waals surface area contributed by atoms with Crippen LogP contribution < -0.4 is 0 Å². The molecule has 0 unspecified atom stereocenters. The molecule has 2 heterocycles. The average Bonchev–Trinajstić information content (AvgIpc) is 2.66. The molecular formula is C14H18ClNO3. The van der Waals surface area contributed by atoms with Gasteiger partial charge in [-0.3, -0.25) is 0 Å². The molecule has 0 amide bonds. The Morgan fingerprint density at radius 2 is 2.11 bits per heavy atom. The maximum absolute atomic E-state index is 9.52. The fourth-order valence-corrected chi connectivity index (χ4v) is 3.37. The quantitative estimate of drug-likeness (QED) is 0.805. The molecule has 1 spiro atoms. The average molecular weight is 284 g/mol. The molecular weight excluding hydrogens is 266 g/mol. The zero-order chi connectivity index (χ0) is 13.6. The summed E-state index contributed by atoms with van der Waals surface area (Å²) >= 11 is 6.28. The lowest BCUT2D eigenvalue weighted by atomic mass is 9.80. The van der Waals surface area contributed by atoms with Crippen LogP contribution in [0.4, 0.5) is 0 Å². The van der Waals surface area contributed by atoms with Crippen molar-refractivity contribution in [2.45, 2.75) is 50.6 Å². The molecule has 1 fully saturated rings. The van der Waals surface area contributed by atoms with Crippen molar-refractivity contribution in [3.8, 4) is 0 Å². The Balaban J connectivity index is 2.12. The largest absolute Gasteiger partial charge is 0.396 e. The van der Waals surface area contributed by atoms with Gasteiger partial charge in [0, 0.05) is 25.1 Å². The van der Waals surface area contributed by atoms with Crippen LogP contribution >= 0.6 is 11.6 Å². The van der Waals surface area contributed by atoms with E-state index in [1.165, 1.54) is 0 Å². The van der Waals surface area contributed by atoms with Gasteiger partial charge in [-0.05, 0) is 31.9 Å². The van der Waals surface area contributed by atoms with Crippen LogP contribution in [-0.4, -0.2) is 28.9 Å². The number of hydrogen-bond donors (Lipinski definition) is 1. The molecule has 5 heteroatoms. The Bertz CT molecular complexity index is 484. The summed E-state index contributed by atoms with van der Waals surface area (Å²) in [7, 11) is 0. The number of hydrogen-bond acceptors (Lipinski definition) is 4. The van der Waals surface area contributed by atoms with Crippen LogP contribution in [0.5, 0.6) is 0 Å². The summed E-state index contributed by atoms with van der Waals surface area (Å²) in [6.45, 7) is 4.11. The van der Waals surface area contributed by atoms with E-state index in [-0.39, 0.29) is 24.7 Å². The zero-order valence-electron chi connectivity index (χ0n) is 11.1. The van der Waals surface area contributed by atoms with Crippen LogP contribution in [-0.2, 0) is 15.3 Å². The minimum atomic E-state index is -0.787. The molecule has 0 aromatic carbocycles. The molecule has 0 saturated carbocycles. The molecule has 19 heavy (non-hydrogen) atoms. The van der Waals surface area contributed by atoms with Crippen molar-refractivity contribution >= 4 is 11.6 Å². The van der Waals surface area contributed by atoms with Crippen molar-refractivity contribution in [2.75, 3.05) is 6.61 Å². The van der Waals surface area contributed by atoms with E-state index >= 15 is 0 Å². The molecule has 1 aliphatic heterocycles. The van der Waals surface area contributed by atoms with Crippen molar-refractivity contribution in [2.24, 2.45) is 0 Å². The predicted molar refractivity (Wildman–Crippen MR) is 71.1 cm³/mol. The van der Waals surface area contributed by atoms with Crippen molar-refractivity contribution in [3.05, 3.63) is 28.5 Å². The van der Waals surface area contributed by atoms with Crippen LogP contribution in [0.2, 0.25) is 5.15 Å². The van der Waals surface area contributed by atoms with Crippen LogP contribution in [0.15, 0.2) is 12.3 Å². The van der Waals surface area contributed by atoms with E-state index in [1.54, 1.807) is 6.20 Å². The highest BCUT2D eigenvalue weighted by molar-refractivity contribution is 6.30. The van der Waals surface area contributed by atoms with Crippen LogP contribution in [0.3, 0.4) is 0 Å². The Hall–Kier alpha value is -0.680. The van der Waals surface area contributed by atoms with Crippen molar-refractivity contribution in [1.29, 1.82) is 0 Å². The van der Waals surface area contributed by atoms with Gasteiger partial charge in [0.1, 0.15) is 5.15 Å². The molecule has 1 saturated heterocycles. The van der Waals surface area contributed by atoms with E-state index in [9.17, 15) is 5.11 Å². The third-order valence-corrected chi connectivity index (χ3v) is 4.50. The van der Waals surface area contributed by atoms with E-state index in [4.69, 9.17) is 21.1 Å². The van der Waals surface area contributed by atoms with Gasteiger partial charge in [0.05, 0.1) is 17.8 Å². The van der Waals surface area contributed by atoms with Gasteiger partial charge in [-0.25, -0.2) is 4.98 Å². The van der Waals surface area contributed by atoms with E-state index in [0.29, 0.717) is 11.6 Å². The van der Waals surface area contributed by atoms with E-state index < -0.39 is 5.79 Å². The molecule has 0 bridgehead atoms. The number of aliphatic hydroxyl groups excluding tert-OH is 1. The first kappa shape index (κ1) is 13.3. The van der Waals surface area contributed by atoms with Crippen molar-refractivity contribution in [1.82, 2.24) is 4.98 Å². The topological polar surface area (TPSA) is 51.6 Å². The van der Waals surface area contributed by atoms with Gasteiger partial charge in [0.2, 0.25) is 0 Å². The van der Waals surface area contributed by atoms with Crippen molar-refractivity contribution < 1.29 is 14.6 Å². The maximum atomic E-state index is 9.52. The lowest BCUT2D eigenvalue weighted by Gasteiger charge is -2.37. The smallest absolute Gasteiger partial charge is 0.198 e. The second kappa shape index (κ2) is 4.70. The summed E-state index contributed by atoms with van der Waals surface area (Å²) in [6.07, 6.45) is 3.24. The third-order valence-electron chi connectivity index (χ3n) is 4.21. The van der Waals surface area contributed by atoms with Gasteiger partial charge < -0.3 is 14.6 Å². The summed E-state index contributed by atoms with van der Waals surface area (Å²) in [5, 5.41) is 9.93. The molecule has 1 aliphatic carbocycles. The predicted octanol–water partition coefficient (Wildman–Crippen LogP) is 2.58. The number of pyridine rings is 1. The molecule has 0 radical (unpaired) electrons. The number of ether oxygens (including phenoxy) is 2. The summed E-state index contributed by atoms with van der Waals surface area (Å²) in [5.74, 6) is -0.704. The number of aliphatic hydroxyl groups is 1. The number of fused-ring (bicyclic) bond motifs is 2. The number of nitrogens with zero attached hydrogens (tertiary/aromatic N) is 1. The zero-order valence-corrected chi connectivity index (χ0v) is 11.9. The molecule has 1 aromatic heterocycles. The Morgan fingerprint density at radius 3 is 2.74 bits per heavy atom. The first-order valence-corrected chi connectivity index (χ1v) is 7.06. The number of aromatic nitrogens is 1. The number of halogens is 1. The van der Waals surface area contributed by atoms with Gasteiger partial charge in [-0.15, -0.1) is 0 Å². The van der Waals surface area contributed by atoms with E-state index in [1.807, 2.05) is 19.9 Å². The summed E-state index contributed by atoms with van der Waals surface area (Å²) in [4.78, 5) is 4.15. The lowest BCUT2D eigenvalue weighted by molar-refractivity contribution is -0.193. The molecule has 1 N–H and O–H groups in total. The minimum absolute atomic E-state index is 0.0230. The minimum Gasteiger partial charge on any atom is -0.396 e. The molecule has 2 aliphatic rings. The lowest BCUT2D eigenvalue weighted by Crippen LogP contribution is -2.35. The van der Waals surface area contributed by atoms with Crippen LogP contribution in [0, 0.1) is 0 Å². The summed E-state index contributed by atoms with van der Waals surface area (Å²) in [5.41, 5.74) is 1.80. The van der Waals surface area contributed by atoms with Crippen LogP contribution in [0.25, 0.3) is 0 Å². The van der Waals surface area contributed by atoms with Gasteiger partial charge in [-0.1, -0.05) is 11.6 Å². The fraction of sp³-hybridized carbons (Fsp3) is 0.643. The van der Waals surface area contributed by atoms with Gasteiger partial charge in [-0.2, -0.15) is 0 Å². The van der Waals surface area contributed by atoms with E-state index in [0.717, 1.165) is 17.5 Å². The standard InChI is InChI=1S/C14H18ClNO3/c1-8-9(2)19-14(18-8)5-3-10(7-17)11-4-6-16-13(15)12(11)14/h4,6,8-10,17H,3,5,7H2,1-2H3/t8-,9-,10-/m1/s1. The normalized spacial score (nSPS) is 32.5. The highest BCUT2D eigenvalue weighted by Gasteiger charge is 2.50. The van der Waals surface area contributed by atoms with Gasteiger partial charge >= 0.3 is 0 Å². The first-order chi connectivity index (χ1) is 9.07. The van der Waals surface area contributed by atoms with E-state index in [2.05, 4.69) is 4.98 Å².